The maximum Gasteiger partial charge on any atom is 0.235 e. The third-order valence-electron chi connectivity index (χ3n) is 10.4. The Labute approximate surface area is 303 Å². The highest BCUT2D eigenvalue weighted by Crippen LogP contribution is 2.44. The summed E-state index contributed by atoms with van der Waals surface area (Å²) in [7, 11) is 0. The van der Waals surface area contributed by atoms with Crippen LogP contribution < -0.4 is 0 Å². The SMILES string of the molecule is c1ccc(-c2nc(-n3c4ccc5ccccc5c4c4cccc(-c5cccc(-c6cccc7c6sc6ccccc67)c5)c43)nc3ccccc23)cc1. The summed E-state index contributed by atoms with van der Waals surface area (Å²) in [6.45, 7) is 0. The van der Waals surface area contributed by atoms with Gasteiger partial charge in [0.2, 0.25) is 5.95 Å². The van der Waals surface area contributed by atoms with Crippen LogP contribution >= 0.6 is 11.3 Å². The third kappa shape index (κ3) is 4.38. The standard InChI is InChI=1S/C48H29N3S/c1-2-14-31(15-3-1)45-39-20-6-8-25-41(39)49-48(50-45)51-42-28-27-30-13-4-5-18-34(30)44(42)40-24-11-21-35(46(40)51)32-16-10-17-33(29-32)36-22-12-23-38-37-19-7-9-26-43(37)52-47(36)38/h1-29H. The van der Waals surface area contributed by atoms with Gasteiger partial charge in [0.25, 0.3) is 0 Å². The lowest BCUT2D eigenvalue weighted by molar-refractivity contribution is 1.01. The second-order valence-corrected chi connectivity index (χ2v) is 14.4. The summed E-state index contributed by atoms with van der Waals surface area (Å²) in [6, 6.07) is 63.0. The van der Waals surface area contributed by atoms with Crippen LogP contribution in [0.25, 0.3) is 103 Å². The molecule has 242 valence electrons. The minimum Gasteiger partial charge on any atom is -0.277 e. The Hall–Kier alpha value is -6.62. The van der Waals surface area contributed by atoms with Gasteiger partial charge in [-0.05, 0) is 51.7 Å². The first kappa shape index (κ1) is 29.1. The molecule has 0 fully saturated rings. The van der Waals surface area contributed by atoms with Gasteiger partial charge in [0.15, 0.2) is 0 Å². The molecule has 0 aliphatic carbocycles. The van der Waals surface area contributed by atoms with Crippen LogP contribution in [-0.2, 0) is 0 Å². The lowest BCUT2D eigenvalue weighted by atomic mass is 9.96. The summed E-state index contributed by atoms with van der Waals surface area (Å²) in [5.74, 6) is 0.659. The van der Waals surface area contributed by atoms with Crippen LogP contribution in [0.1, 0.15) is 0 Å². The van der Waals surface area contributed by atoms with Crippen molar-refractivity contribution < 1.29 is 0 Å². The second-order valence-electron chi connectivity index (χ2n) is 13.3. The minimum absolute atomic E-state index is 0.659. The molecule has 0 aliphatic heterocycles. The van der Waals surface area contributed by atoms with Crippen LogP contribution in [0, 0.1) is 0 Å². The van der Waals surface area contributed by atoms with Crippen molar-refractivity contribution in [3.63, 3.8) is 0 Å². The van der Waals surface area contributed by atoms with Crippen molar-refractivity contribution in [2.24, 2.45) is 0 Å². The Balaban J connectivity index is 1.22. The van der Waals surface area contributed by atoms with Crippen molar-refractivity contribution in [1.82, 2.24) is 14.5 Å². The van der Waals surface area contributed by atoms with E-state index in [0.29, 0.717) is 5.95 Å². The van der Waals surface area contributed by atoms with Gasteiger partial charge in [0.05, 0.1) is 22.2 Å². The highest BCUT2D eigenvalue weighted by Gasteiger charge is 2.22. The highest BCUT2D eigenvalue weighted by molar-refractivity contribution is 7.26. The summed E-state index contributed by atoms with van der Waals surface area (Å²) in [5.41, 5.74) is 9.84. The van der Waals surface area contributed by atoms with Crippen LogP contribution in [0.2, 0.25) is 0 Å². The van der Waals surface area contributed by atoms with E-state index in [1.165, 1.54) is 52.8 Å². The molecular formula is C48H29N3S. The van der Waals surface area contributed by atoms with Crippen LogP contribution in [-0.4, -0.2) is 14.5 Å². The molecule has 0 N–H and O–H groups in total. The van der Waals surface area contributed by atoms with Crippen LogP contribution in [0.5, 0.6) is 0 Å². The molecule has 4 heteroatoms. The molecule has 0 unspecified atom stereocenters. The first-order chi connectivity index (χ1) is 25.8. The number of para-hydroxylation sites is 2. The van der Waals surface area contributed by atoms with Gasteiger partial charge in [-0.25, -0.2) is 9.97 Å². The molecule has 0 spiro atoms. The topological polar surface area (TPSA) is 30.7 Å². The van der Waals surface area contributed by atoms with Crippen molar-refractivity contribution in [3.8, 4) is 39.5 Å². The maximum absolute atomic E-state index is 5.40. The molecule has 0 saturated heterocycles. The zero-order valence-electron chi connectivity index (χ0n) is 28.0. The van der Waals surface area contributed by atoms with E-state index in [0.717, 1.165) is 44.3 Å². The number of benzene rings is 8. The fourth-order valence-electron chi connectivity index (χ4n) is 8.09. The van der Waals surface area contributed by atoms with Gasteiger partial charge in [-0.15, -0.1) is 11.3 Å². The number of hydrogen-bond donors (Lipinski definition) is 0. The van der Waals surface area contributed by atoms with E-state index in [1.54, 1.807) is 0 Å². The smallest absolute Gasteiger partial charge is 0.235 e. The quantitative estimate of drug-likeness (QED) is 0.185. The van der Waals surface area contributed by atoms with E-state index in [9.17, 15) is 0 Å². The van der Waals surface area contributed by atoms with Gasteiger partial charge in [0, 0.05) is 47.5 Å². The Bertz CT molecular complexity index is 3190. The van der Waals surface area contributed by atoms with Gasteiger partial charge in [-0.2, -0.15) is 0 Å². The molecule has 3 nitrogen and oxygen atoms in total. The summed E-state index contributed by atoms with van der Waals surface area (Å²) >= 11 is 1.87. The summed E-state index contributed by atoms with van der Waals surface area (Å²) < 4.78 is 4.93. The van der Waals surface area contributed by atoms with E-state index in [2.05, 4.69) is 174 Å². The monoisotopic (exact) mass is 679 g/mol. The highest BCUT2D eigenvalue weighted by atomic mass is 32.1. The molecule has 0 amide bonds. The first-order valence-corrected chi connectivity index (χ1v) is 18.4. The second kappa shape index (κ2) is 11.5. The number of thiophene rings is 1. The number of nitrogens with zero attached hydrogens (tertiary/aromatic N) is 3. The van der Waals surface area contributed by atoms with Gasteiger partial charge in [-0.3, -0.25) is 4.57 Å². The van der Waals surface area contributed by atoms with Crippen molar-refractivity contribution in [2.45, 2.75) is 0 Å². The van der Waals surface area contributed by atoms with Gasteiger partial charge < -0.3 is 0 Å². The fourth-order valence-corrected chi connectivity index (χ4v) is 9.32. The fraction of sp³-hybridized carbons (Fsp3) is 0. The largest absolute Gasteiger partial charge is 0.277 e. The van der Waals surface area contributed by atoms with Crippen LogP contribution in [0.15, 0.2) is 176 Å². The van der Waals surface area contributed by atoms with Crippen molar-refractivity contribution >= 4 is 75.0 Å². The number of hydrogen-bond acceptors (Lipinski definition) is 3. The maximum atomic E-state index is 5.40. The number of fused-ring (bicyclic) bond motifs is 9. The summed E-state index contributed by atoms with van der Waals surface area (Å²) in [6.07, 6.45) is 0. The van der Waals surface area contributed by atoms with Crippen LogP contribution in [0.3, 0.4) is 0 Å². The molecule has 11 rings (SSSR count). The van der Waals surface area contributed by atoms with Crippen molar-refractivity contribution in [3.05, 3.63) is 176 Å². The lowest BCUT2D eigenvalue weighted by Gasteiger charge is -2.14. The molecule has 0 bridgehead atoms. The van der Waals surface area contributed by atoms with Crippen molar-refractivity contribution in [2.75, 3.05) is 0 Å². The zero-order valence-corrected chi connectivity index (χ0v) is 28.8. The zero-order chi connectivity index (χ0) is 34.2. The molecular weight excluding hydrogens is 651 g/mol. The van der Waals surface area contributed by atoms with E-state index in [-0.39, 0.29) is 0 Å². The molecule has 0 radical (unpaired) electrons. The Morgan fingerprint density at radius 2 is 1.10 bits per heavy atom. The lowest BCUT2D eigenvalue weighted by Crippen LogP contribution is -2.04. The molecule has 0 saturated carbocycles. The molecule has 0 aliphatic rings. The Morgan fingerprint density at radius 3 is 1.98 bits per heavy atom. The van der Waals surface area contributed by atoms with Gasteiger partial charge >= 0.3 is 0 Å². The average Bonchev–Trinajstić information content (AvgIpc) is 3.77. The average molecular weight is 680 g/mol. The van der Waals surface area contributed by atoms with E-state index in [1.807, 2.05) is 17.4 Å². The molecule has 3 heterocycles. The predicted molar refractivity (Wildman–Crippen MR) is 221 cm³/mol. The number of rotatable bonds is 4. The van der Waals surface area contributed by atoms with Gasteiger partial charge in [-0.1, -0.05) is 152 Å². The first-order valence-electron chi connectivity index (χ1n) is 17.6. The molecule has 0 atom stereocenters. The van der Waals surface area contributed by atoms with E-state index < -0.39 is 0 Å². The summed E-state index contributed by atoms with van der Waals surface area (Å²) in [5, 5.41) is 8.47. The van der Waals surface area contributed by atoms with Crippen molar-refractivity contribution in [1.29, 1.82) is 0 Å². The normalized spacial score (nSPS) is 11.8. The Morgan fingerprint density at radius 1 is 0.442 bits per heavy atom. The van der Waals surface area contributed by atoms with E-state index in [4.69, 9.17) is 9.97 Å². The Kier molecular flexibility index (Phi) is 6.42. The molecule has 8 aromatic carbocycles. The molecule has 52 heavy (non-hydrogen) atoms. The molecule has 11 aromatic rings. The summed E-state index contributed by atoms with van der Waals surface area (Å²) in [4.78, 5) is 10.7. The minimum atomic E-state index is 0.659. The number of aromatic nitrogens is 3. The van der Waals surface area contributed by atoms with Gasteiger partial charge in [0.1, 0.15) is 0 Å². The van der Waals surface area contributed by atoms with E-state index >= 15 is 0 Å². The third-order valence-corrected chi connectivity index (χ3v) is 11.6. The molecule has 3 aromatic heterocycles. The predicted octanol–water partition coefficient (Wildman–Crippen LogP) is 13.2. The van der Waals surface area contributed by atoms with Crippen LogP contribution in [0.4, 0.5) is 0 Å².